The Morgan fingerprint density at radius 1 is 1.33 bits per heavy atom. The molecule has 5 heteroatoms. The van der Waals surface area contributed by atoms with Gasteiger partial charge in [-0.3, -0.25) is 4.79 Å². The molecule has 0 bridgehead atoms. The topological polar surface area (TPSA) is 45.8 Å². The molecule has 0 radical (unpaired) electrons. The first-order chi connectivity index (χ1) is 7.15. The highest BCUT2D eigenvalue weighted by molar-refractivity contribution is 14.1. The molecule has 0 fully saturated rings. The van der Waals surface area contributed by atoms with E-state index in [4.69, 9.17) is 0 Å². The van der Waals surface area contributed by atoms with Crippen LogP contribution in [0.5, 0.6) is 0 Å². The Labute approximate surface area is 106 Å². The van der Waals surface area contributed by atoms with Gasteiger partial charge in [0.25, 0.3) is 5.56 Å². The van der Waals surface area contributed by atoms with Crippen molar-refractivity contribution in [3.05, 3.63) is 44.3 Å². The van der Waals surface area contributed by atoms with Crippen LogP contribution < -0.4 is 5.56 Å². The monoisotopic (exact) mass is 330 g/mol. The zero-order chi connectivity index (χ0) is 10.8. The maximum absolute atomic E-state index is 11.2. The van der Waals surface area contributed by atoms with Gasteiger partial charge >= 0.3 is 0 Å². The summed E-state index contributed by atoms with van der Waals surface area (Å²) in [6.45, 7) is 0. The highest BCUT2D eigenvalue weighted by Gasteiger charge is 2.02. The number of halogens is 1. The van der Waals surface area contributed by atoms with E-state index in [0.717, 1.165) is 9.13 Å². The molecule has 15 heavy (non-hydrogen) atoms. The molecule has 1 N–H and O–H groups in total. The second kappa shape index (κ2) is 4.36. The van der Waals surface area contributed by atoms with E-state index in [0.29, 0.717) is 10.9 Å². The maximum atomic E-state index is 11.2. The summed E-state index contributed by atoms with van der Waals surface area (Å²) in [6, 6.07) is 9.26. The number of aromatic amines is 1. The summed E-state index contributed by atoms with van der Waals surface area (Å²) < 4.78 is 1.10. The van der Waals surface area contributed by atoms with Crippen molar-refractivity contribution in [1.82, 2.24) is 9.97 Å². The highest BCUT2D eigenvalue weighted by atomic mass is 127. The lowest BCUT2D eigenvalue weighted by Gasteiger charge is -2.01. The van der Waals surface area contributed by atoms with E-state index in [1.54, 1.807) is 0 Å². The average Bonchev–Trinajstić information content (AvgIpc) is 2.16. The largest absolute Gasteiger partial charge is 0.302 e. The number of benzene rings is 1. The van der Waals surface area contributed by atoms with Gasteiger partial charge in [-0.25, -0.2) is 4.98 Å². The number of thiol groups is 1. The predicted molar refractivity (Wildman–Crippen MR) is 70.3 cm³/mol. The fourth-order valence-electron chi connectivity index (χ4n) is 1.24. The Morgan fingerprint density at radius 3 is 2.80 bits per heavy atom. The zero-order valence-electron chi connectivity index (χ0n) is 7.57. The molecular formula is C10H7IN2OS. The van der Waals surface area contributed by atoms with Crippen molar-refractivity contribution >= 4 is 35.2 Å². The minimum atomic E-state index is -0.191. The number of rotatable bonds is 1. The fourth-order valence-corrected chi connectivity index (χ4v) is 2.00. The summed E-state index contributed by atoms with van der Waals surface area (Å²) in [5.74, 6) is 0. The Kier molecular flexibility index (Phi) is 3.11. The molecule has 1 aromatic carbocycles. The molecule has 0 aliphatic heterocycles. The molecule has 0 unspecified atom stereocenters. The molecule has 76 valence electrons. The van der Waals surface area contributed by atoms with Gasteiger partial charge in [0.15, 0.2) is 5.16 Å². The van der Waals surface area contributed by atoms with Crippen molar-refractivity contribution in [2.45, 2.75) is 5.16 Å². The number of H-pyrrole nitrogens is 1. The maximum Gasteiger partial charge on any atom is 0.252 e. The van der Waals surface area contributed by atoms with E-state index in [1.807, 2.05) is 24.3 Å². The minimum Gasteiger partial charge on any atom is -0.302 e. The van der Waals surface area contributed by atoms with Crippen LogP contribution in [0.2, 0.25) is 0 Å². The van der Waals surface area contributed by atoms with Crippen LogP contribution in [0.4, 0.5) is 0 Å². The van der Waals surface area contributed by atoms with Crippen LogP contribution in [0, 0.1) is 3.57 Å². The van der Waals surface area contributed by atoms with E-state index in [9.17, 15) is 4.79 Å². The predicted octanol–water partition coefficient (Wildman–Crippen LogP) is 2.33. The highest BCUT2D eigenvalue weighted by Crippen LogP contribution is 2.18. The number of nitrogens with one attached hydrogen (secondary N) is 1. The molecule has 1 heterocycles. The SMILES string of the molecule is O=c1cc(-c2cccc(I)c2)nc(S)[nH]1. The standard InChI is InChI=1S/C10H7IN2OS/c11-7-3-1-2-6(4-7)8-5-9(14)13-10(15)12-8/h1-5H,(H2,12,13,14,15). The van der Waals surface area contributed by atoms with Crippen LogP contribution in [0.15, 0.2) is 40.3 Å². The van der Waals surface area contributed by atoms with E-state index >= 15 is 0 Å². The van der Waals surface area contributed by atoms with Crippen molar-refractivity contribution < 1.29 is 0 Å². The summed E-state index contributed by atoms with van der Waals surface area (Å²) in [6.07, 6.45) is 0. The first-order valence-corrected chi connectivity index (χ1v) is 5.74. The molecule has 0 spiro atoms. The first-order valence-electron chi connectivity index (χ1n) is 4.21. The minimum absolute atomic E-state index is 0.191. The summed E-state index contributed by atoms with van der Waals surface area (Å²) in [7, 11) is 0. The summed E-state index contributed by atoms with van der Waals surface area (Å²) in [4.78, 5) is 17.9. The van der Waals surface area contributed by atoms with E-state index < -0.39 is 0 Å². The molecular weight excluding hydrogens is 323 g/mol. The van der Waals surface area contributed by atoms with Crippen molar-refractivity contribution in [1.29, 1.82) is 0 Å². The van der Waals surface area contributed by atoms with Gasteiger partial charge in [-0.05, 0) is 34.7 Å². The lowest BCUT2D eigenvalue weighted by molar-refractivity contribution is 0.949. The number of nitrogens with zero attached hydrogens (tertiary/aromatic N) is 1. The number of hydrogen-bond donors (Lipinski definition) is 2. The molecule has 2 aromatic rings. The molecule has 0 amide bonds. The second-order valence-electron chi connectivity index (χ2n) is 2.96. The molecule has 0 aliphatic carbocycles. The normalized spacial score (nSPS) is 10.3. The molecule has 3 nitrogen and oxygen atoms in total. The first kappa shape index (κ1) is 10.7. The Balaban J connectivity index is 2.59. The van der Waals surface area contributed by atoms with Gasteiger partial charge in [0.05, 0.1) is 5.69 Å². The third kappa shape index (κ3) is 2.60. The van der Waals surface area contributed by atoms with Gasteiger partial charge in [0, 0.05) is 15.2 Å². The third-order valence-electron chi connectivity index (χ3n) is 1.85. The number of hydrogen-bond acceptors (Lipinski definition) is 3. The van der Waals surface area contributed by atoms with Crippen LogP contribution >= 0.6 is 35.2 Å². The molecule has 0 saturated carbocycles. The second-order valence-corrected chi connectivity index (χ2v) is 4.63. The molecule has 2 rings (SSSR count). The average molecular weight is 330 g/mol. The summed E-state index contributed by atoms with van der Waals surface area (Å²) in [5.41, 5.74) is 1.37. The third-order valence-corrected chi connectivity index (χ3v) is 2.73. The van der Waals surface area contributed by atoms with Gasteiger partial charge in [-0.15, -0.1) is 12.6 Å². The molecule has 0 atom stereocenters. The van der Waals surface area contributed by atoms with Crippen LogP contribution in [0.1, 0.15) is 0 Å². The summed E-state index contributed by atoms with van der Waals surface area (Å²) >= 11 is 6.25. The van der Waals surface area contributed by atoms with Gasteiger partial charge in [0.2, 0.25) is 0 Å². The molecule has 0 aliphatic rings. The van der Waals surface area contributed by atoms with Crippen LogP contribution in [-0.4, -0.2) is 9.97 Å². The van der Waals surface area contributed by atoms with Gasteiger partial charge < -0.3 is 4.98 Å². The van der Waals surface area contributed by atoms with Crippen LogP contribution in [0.3, 0.4) is 0 Å². The van der Waals surface area contributed by atoms with Crippen molar-refractivity contribution in [2.75, 3.05) is 0 Å². The van der Waals surface area contributed by atoms with E-state index in [2.05, 4.69) is 45.2 Å². The molecule has 0 saturated heterocycles. The lowest BCUT2D eigenvalue weighted by Crippen LogP contribution is -2.06. The molecule has 1 aromatic heterocycles. The number of aromatic nitrogens is 2. The fraction of sp³-hybridized carbons (Fsp3) is 0. The lowest BCUT2D eigenvalue weighted by atomic mass is 10.1. The van der Waals surface area contributed by atoms with Crippen molar-refractivity contribution in [2.24, 2.45) is 0 Å². The van der Waals surface area contributed by atoms with Gasteiger partial charge in [0.1, 0.15) is 0 Å². The van der Waals surface area contributed by atoms with Crippen molar-refractivity contribution in [3.8, 4) is 11.3 Å². The Hall–Kier alpha value is -0.820. The quantitative estimate of drug-likeness (QED) is 0.479. The van der Waals surface area contributed by atoms with Gasteiger partial charge in [-0.1, -0.05) is 12.1 Å². The Morgan fingerprint density at radius 2 is 2.13 bits per heavy atom. The van der Waals surface area contributed by atoms with Crippen molar-refractivity contribution in [3.63, 3.8) is 0 Å². The van der Waals surface area contributed by atoms with Crippen LogP contribution in [-0.2, 0) is 0 Å². The van der Waals surface area contributed by atoms with E-state index in [1.165, 1.54) is 6.07 Å². The van der Waals surface area contributed by atoms with Crippen LogP contribution in [0.25, 0.3) is 11.3 Å². The Bertz CT molecular complexity index is 553. The smallest absolute Gasteiger partial charge is 0.252 e. The van der Waals surface area contributed by atoms with E-state index in [-0.39, 0.29) is 5.56 Å². The van der Waals surface area contributed by atoms with Gasteiger partial charge in [-0.2, -0.15) is 0 Å². The summed E-state index contributed by atoms with van der Waals surface area (Å²) in [5, 5.41) is 0.330. The zero-order valence-corrected chi connectivity index (χ0v) is 10.6.